The average molecular weight is 803 g/mol. The summed E-state index contributed by atoms with van der Waals surface area (Å²) in [4.78, 5) is 43.0. The van der Waals surface area contributed by atoms with Crippen LogP contribution >= 0.6 is 7.82 Å². The van der Waals surface area contributed by atoms with Gasteiger partial charge in [0, 0.05) is 12.8 Å². The highest BCUT2D eigenvalue weighted by atomic mass is 31.2. The number of carbonyl (C=O) groups excluding carboxylic acids is 2. The monoisotopic (exact) mass is 803 g/mol. The third kappa shape index (κ3) is 44.0. The standard InChI is InChI=1S/C46H91O8P/c1-4-6-7-8-9-10-11-12-13-14-15-16-17-21-24-27-30-33-36-39-45(47)52-41-44(42-53-55(49,50)51)54-46(48)40-37-34-31-28-25-22-19-18-20-23-26-29-32-35-38-43(3)5-2/h43-44H,4-42H2,1-3H3,(H2,49,50,51)/t43?,44-/m1/s1. The molecule has 0 aliphatic rings. The predicted octanol–water partition coefficient (Wildman–Crippen LogP) is 14.7. The number of unbranched alkanes of at least 4 members (excludes halogenated alkanes) is 31. The van der Waals surface area contributed by atoms with Gasteiger partial charge in [0.15, 0.2) is 6.10 Å². The van der Waals surface area contributed by atoms with E-state index in [-0.39, 0.29) is 19.4 Å². The lowest BCUT2D eigenvalue weighted by atomic mass is 9.99. The quantitative estimate of drug-likeness (QED) is 0.0355. The van der Waals surface area contributed by atoms with Gasteiger partial charge in [-0.2, -0.15) is 0 Å². The fourth-order valence-electron chi connectivity index (χ4n) is 7.23. The minimum Gasteiger partial charge on any atom is -0.462 e. The third-order valence-corrected chi connectivity index (χ3v) is 11.7. The topological polar surface area (TPSA) is 119 Å². The van der Waals surface area contributed by atoms with Gasteiger partial charge >= 0.3 is 19.8 Å². The van der Waals surface area contributed by atoms with Gasteiger partial charge in [-0.3, -0.25) is 14.1 Å². The van der Waals surface area contributed by atoms with E-state index in [9.17, 15) is 14.2 Å². The van der Waals surface area contributed by atoms with Crippen LogP contribution in [0.5, 0.6) is 0 Å². The molecule has 0 fully saturated rings. The SMILES string of the molecule is CCCCCCCCCCCCCCCCCCCCCC(=O)OC[C@H](COP(=O)(O)O)OC(=O)CCCCCCCCCCCCCCCCC(C)CC. The molecular weight excluding hydrogens is 711 g/mol. The number of ether oxygens (including phenoxy) is 2. The van der Waals surface area contributed by atoms with Gasteiger partial charge in [0.2, 0.25) is 0 Å². The fourth-order valence-corrected chi connectivity index (χ4v) is 7.60. The second kappa shape index (κ2) is 41.2. The molecule has 9 heteroatoms. The van der Waals surface area contributed by atoms with Crippen LogP contribution in [0.25, 0.3) is 0 Å². The van der Waals surface area contributed by atoms with E-state index in [1.807, 2.05) is 0 Å². The van der Waals surface area contributed by atoms with Crippen LogP contribution in [0.2, 0.25) is 0 Å². The van der Waals surface area contributed by atoms with Gasteiger partial charge < -0.3 is 19.3 Å². The number of phosphoric acid groups is 1. The highest BCUT2D eigenvalue weighted by Crippen LogP contribution is 2.36. The molecule has 1 unspecified atom stereocenters. The number of esters is 2. The minimum atomic E-state index is -4.75. The maximum absolute atomic E-state index is 12.4. The molecule has 0 rings (SSSR count). The third-order valence-electron chi connectivity index (χ3n) is 11.2. The average Bonchev–Trinajstić information content (AvgIpc) is 3.16. The summed E-state index contributed by atoms with van der Waals surface area (Å²) in [6.45, 7) is 6.11. The van der Waals surface area contributed by atoms with Crippen LogP contribution in [0, 0.1) is 5.92 Å². The first kappa shape index (κ1) is 54.0. The Balaban J connectivity index is 3.80. The van der Waals surface area contributed by atoms with Gasteiger partial charge in [-0.05, 0) is 18.8 Å². The first-order chi connectivity index (χ1) is 26.7. The Bertz CT molecular complexity index is 878. The van der Waals surface area contributed by atoms with Crippen molar-refractivity contribution >= 4 is 19.8 Å². The molecule has 328 valence electrons. The van der Waals surface area contributed by atoms with E-state index in [4.69, 9.17) is 19.3 Å². The molecule has 0 aromatic heterocycles. The van der Waals surface area contributed by atoms with Crippen molar-refractivity contribution in [2.75, 3.05) is 13.2 Å². The van der Waals surface area contributed by atoms with Crippen molar-refractivity contribution in [2.45, 2.75) is 264 Å². The Morgan fingerprint density at radius 1 is 0.473 bits per heavy atom. The van der Waals surface area contributed by atoms with Crippen molar-refractivity contribution in [3.63, 3.8) is 0 Å². The summed E-state index contributed by atoms with van der Waals surface area (Å²) in [5, 5.41) is 0. The molecule has 0 aliphatic carbocycles. The summed E-state index contributed by atoms with van der Waals surface area (Å²) in [5.74, 6) is 0.0173. The maximum atomic E-state index is 12.4. The lowest BCUT2D eigenvalue weighted by Crippen LogP contribution is -2.29. The predicted molar refractivity (Wildman–Crippen MR) is 230 cm³/mol. The maximum Gasteiger partial charge on any atom is 0.469 e. The number of rotatable bonds is 44. The van der Waals surface area contributed by atoms with E-state index in [1.165, 1.54) is 186 Å². The Morgan fingerprint density at radius 2 is 0.800 bits per heavy atom. The molecule has 55 heavy (non-hydrogen) atoms. The number of carbonyl (C=O) groups is 2. The van der Waals surface area contributed by atoms with Crippen LogP contribution in [-0.4, -0.2) is 41.0 Å². The van der Waals surface area contributed by atoms with E-state index in [0.717, 1.165) is 38.0 Å². The second-order valence-corrected chi connectivity index (χ2v) is 17.9. The smallest absolute Gasteiger partial charge is 0.462 e. The molecule has 0 aromatic rings. The van der Waals surface area contributed by atoms with Crippen molar-refractivity contribution in [2.24, 2.45) is 5.92 Å². The van der Waals surface area contributed by atoms with E-state index < -0.39 is 32.5 Å². The minimum absolute atomic E-state index is 0.220. The van der Waals surface area contributed by atoms with Crippen LogP contribution in [-0.2, 0) is 28.2 Å². The molecular formula is C46H91O8P. The molecule has 0 saturated carbocycles. The second-order valence-electron chi connectivity index (χ2n) is 16.7. The molecule has 0 bridgehead atoms. The fraction of sp³-hybridized carbons (Fsp3) is 0.957. The summed E-state index contributed by atoms with van der Waals surface area (Å²) in [6, 6.07) is 0. The normalized spacial score (nSPS) is 12.9. The van der Waals surface area contributed by atoms with Gasteiger partial charge in [0.1, 0.15) is 6.61 Å². The molecule has 0 radical (unpaired) electrons. The van der Waals surface area contributed by atoms with Crippen molar-refractivity contribution in [3.8, 4) is 0 Å². The van der Waals surface area contributed by atoms with Crippen LogP contribution in [0.4, 0.5) is 0 Å². The van der Waals surface area contributed by atoms with E-state index in [0.29, 0.717) is 6.42 Å². The molecule has 2 N–H and O–H groups in total. The molecule has 0 aromatic carbocycles. The molecule has 2 atom stereocenters. The van der Waals surface area contributed by atoms with Gasteiger partial charge in [0.25, 0.3) is 0 Å². The van der Waals surface area contributed by atoms with Crippen molar-refractivity contribution in [3.05, 3.63) is 0 Å². The summed E-state index contributed by atoms with van der Waals surface area (Å²) in [6.07, 6.45) is 43.9. The van der Waals surface area contributed by atoms with Gasteiger partial charge in [-0.25, -0.2) is 4.57 Å². The van der Waals surface area contributed by atoms with Gasteiger partial charge in [-0.15, -0.1) is 0 Å². The van der Waals surface area contributed by atoms with Crippen LogP contribution in [0.3, 0.4) is 0 Å². The highest BCUT2D eigenvalue weighted by molar-refractivity contribution is 7.46. The molecule has 0 saturated heterocycles. The molecule has 0 heterocycles. The first-order valence-corrected chi connectivity index (χ1v) is 25.3. The van der Waals surface area contributed by atoms with Crippen molar-refractivity contribution in [1.82, 2.24) is 0 Å². The summed E-state index contributed by atoms with van der Waals surface area (Å²) in [7, 11) is -4.75. The van der Waals surface area contributed by atoms with Crippen LogP contribution in [0.15, 0.2) is 0 Å². The van der Waals surface area contributed by atoms with E-state index >= 15 is 0 Å². The lowest BCUT2D eigenvalue weighted by molar-refractivity contribution is -0.161. The number of phosphoric ester groups is 1. The Labute approximate surface area is 340 Å². The number of hydrogen-bond acceptors (Lipinski definition) is 6. The van der Waals surface area contributed by atoms with Crippen LogP contribution < -0.4 is 0 Å². The van der Waals surface area contributed by atoms with Gasteiger partial charge in [0.05, 0.1) is 6.61 Å². The van der Waals surface area contributed by atoms with E-state index in [2.05, 4.69) is 25.3 Å². The van der Waals surface area contributed by atoms with Crippen molar-refractivity contribution in [1.29, 1.82) is 0 Å². The van der Waals surface area contributed by atoms with Crippen LogP contribution in [0.1, 0.15) is 258 Å². The first-order valence-electron chi connectivity index (χ1n) is 23.7. The molecule has 0 amide bonds. The Hall–Kier alpha value is -0.950. The molecule has 0 aliphatic heterocycles. The Kier molecular flexibility index (Phi) is 40.5. The van der Waals surface area contributed by atoms with Crippen molar-refractivity contribution < 1.29 is 37.9 Å². The highest BCUT2D eigenvalue weighted by Gasteiger charge is 2.23. The summed E-state index contributed by atoms with van der Waals surface area (Å²) in [5.41, 5.74) is 0. The molecule has 8 nitrogen and oxygen atoms in total. The zero-order valence-corrected chi connectivity index (χ0v) is 37.4. The molecule has 0 spiro atoms. The lowest BCUT2D eigenvalue weighted by Gasteiger charge is -2.18. The zero-order chi connectivity index (χ0) is 40.5. The largest absolute Gasteiger partial charge is 0.469 e. The zero-order valence-electron chi connectivity index (χ0n) is 36.5. The Morgan fingerprint density at radius 3 is 1.15 bits per heavy atom. The summed E-state index contributed by atoms with van der Waals surface area (Å²) < 4.78 is 26.5. The number of hydrogen-bond donors (Lipinski definition) is 2. The van der Waals surface area contributed by atoms with E-state index in [1.54, 1.807) is 0 Å². The summed E-state index contributed by atoms with van der Waals surface area (Å²) >= 11 is 0. The van der Waals surface area contributed by atoms with Gasteiger partial charge in [-0.1, -0.05) is 233 Å².